The summed E-state index contributed by atoms with van der Waals surface area (Å²) in [5.74, 6) is 0.247. The third-order valence-electron chi connectivity index (χ3n) is 2.80. The second-order valence-electron chi connectivity index (χ2n) is 4.42. The molecule has 0 radical (unpaired) electrons. The van der Waals surface area contributed by atoms with Gasteiger partial charge in [0.05, 0.1) is 11.4 Å². The first-order valence-electron chi connectivity index (χ1n) is 5.97. The summed E-state index contributed by atoms with van der Waals surface area (Å²) in [6.45, 7) is 5.26. The highest BCUT2D eigenvalue weighted by Gasteiger charge is 2.16. The zero-order valence-corrected chi connectivity index (χ0v) is 11.2. The summed E-state index contributed by atoms with van der Waals surface area (Å²) >= 11 is 0. The summed E-state index contributed by atoms with van der Waals surface area (Å²) in [7, 11) is 0. The molecule has 0 aromatic carbocycles. The van der Waals surface area contributed by atoms with Gasteiger partial charge >= 0.3 is 0 Å². The molecule has 19 heavy (non-hydrogen) atoms. The Labute approximate surface area is 111 Å². The Balaban J connectivity index is 2.23. The van der Waals surface area contributed by atoms with E-state index in [9.17, 15) is 4.79 Å². The molecule has 0 aliphatic carbocycles. The number of aliphatic hydroxyl groups excluding tert-OH is 1. The van der Waals surface area contributed by atoms with E-state index in [4.69, 9.17) is 9.52 Å². The molecule has 100 valence electrons. The number of hydrogen-bond donors (Lipinski definition) is 2. The van der Waals surface area contributed by atoms with Gasteiger partial charge in [0, 0.05) is 11.3 Å². The van der Waals surface area contributed by atoms with Crippen LogP contribution in [0, 0.1) is 20.8 Å². The van der Waals surface area contributed by atoms with Crippen molar-refractivity contribution in [2.75, 3.05) is 5.32 Å². The van der Waals surface area contributed by atoms with Gasteiger partial charge in [-0.15, -0.1) is 0 Å². The minimum Gasteiger partial charge on any atom is -0.453 e. The SMILES string of the molecule is Cc1ccc(NC(=O)c2oc(CO)cc2C)c(C)n1. The van der Waals surface area contributed by atoms with Crippen LogP contribution >= 0.6 is 0 Å². The number of pyridine rings is 1. The van der Waals surface area contributed by atoms with Crippen molar-refractivity contribution in [3.05, 3.63) is 46.7 Å². The molecule has 0 bridgehead atoms. The van der Waals surface area contributed by atoms with Gasteiger partial charge in [-0.2, -0.15) is 0 Å². The van der Waals surface area contributed by atoms with E-state index < -0.39 is 0 Å². The lowest BCUT2D eigenvalue weighted by Gasteiger charge is -2.07. The Hall–Kier alpha value is -2.14. The normalized spacial score (nSPS) is 10.5. The molecule has 0 unspecified atom stereocenters. The molecule has 0 aliphatic heterocycles. The average Bonchev–Trinajstić information content (AvgIpc) is 2.74. The summed E-state index contributed by atoms with van der Waals surface area (Å²) < 4.78 is 5.28. The molecular formula is C14H16N2O3. The number of furan rings is 1. The molecule has 2 N–H and O–H groups in total. The van der Waals surface area contributed by atoms with Crippen LogP contribution in [0.1, 0.15) is 33.3 Å². The van der Waals surface area contributed by atoms with Crippen LogP contribution in [0.25, 0.3) is 0 Å². The number of nitrogens with zero attached hydrogens (tertiary/aromatic N) is 1. The molecule has 0 saturated carbocycles. The summed E-state index contributed by atoms with van der Waals surface area (Å²) in [4.78, 5) is 16.4. The summed E-state index contributed by atoms with van der Waals surface area (Å²) in [6.07, 6.45) is 0. The summed E-state index contributed by atoms with van der Waals surface area (Å²) in [5.41, 5.74) is 2.99. The minimum absolute atomic E-state index is 0.212. The molecule has 2 rings (SSSR count). The molecule has 2 aromatic heterocycles. The maximum absolute atomic E-state index is 12.1. The number of hydrogen-bond acceptors (Lipinski definition) is 4. The van der Waals surface area contributed by atoms with E-state index >= 15 is 0 Å². The van der Waals surface area contributed by atoms with Gasteiger partial charge in [-0.05, 0) is 39.0 Å². The standard InChI is InChI=1S/C14H16N2O3/c1-8-6-11(7-17)19-13(8)14(18)16-12-5-4-9(2)15-10(12)3/h4-6,17H,7H2,1-3H3,(H,16,18). The van der Waals surface area contributed by atoms with Crippen LogP contribution in [-0.2, 0) is 6.61 Å². The third kappa shape index (κ3) is 2.82. The van der Waals surface area contributed by atoms with Gasteiger partial charge in [0.2, 0.25) is 0 Å². The Morgan fingerprint density at radius 3 is 2.68 bits per heavy atom. The van der Waals surface area contributed by atoms with Crippen molar-refractivity contribution in [1.29, 1.82) is 0 Å². The number of anilines is 1. The maximum atomic E-state index is 12.1. The number of nitrogens with one attached hydrogen (secondary N) is 1. The first-order valence-corrected chi connectivity index (χ1v) is 5.97. The smallest absolute Gasteiger partial charge is 0.291 e. The van der Waals surface area contributed by atoms with Crippen molar-refractivity contribution >= 4 is 11.6 Å². The topological polar surface area (TPSA) is 75.4 Å². The number of carbonyl (C=O) groups excluding carboxylic acids is 1. The zero-order valence-electron chi connectivity index (χ0n) is 11.2. The second-order valence-corrected chi connectivity index (χ2v) is 4.42. The largest absolute Gasteiger partial charge is 0.453 e. The number of carbonyl (C=O) groups is 1. The Kier molecular flexibility index (Phi) is 3.66. The van der Waals surface area contributed by atoms with Gasteiger partial charge in [0.15, 0.2) is 5.76 Å². The quantitative estimate of drug-likeness (QED) is 0.888. The second kappa shape index (κ2) is 5.24. The fourth-order valence-electron chi connectivity index (χ4n) is 1.85. The van der Waals surface area contributed by atoms with E-state index in [1.165, 1.54) is 0 Å². The van der Waals surface area contributed by atoms with E-state index in [-0.39, 0.29) is 18.3 Å². The number of rotatable bonds is 3. The number of aryl methyl sites for hydroxylation is 3. The van der Waals surface area contributed by atoms with Crippen LogP contribution in [0.15, 0.2) is 22.6 Å². The molecule has 0 spiro atoms. The highest BCUT2D eigenvalue weighted by atomic mass is 16.4. The van der Waals surface area contributed by atoms with Gasteiger partial charge in [0.25, 0.3) is 5.91 Å². The highest BCUT2D eigenvalue weighted by molar-refractivity contribution is 6.03. The zero-order chi connectivity index (χ0) is 14.0. The highest BCUT2D eigenvalue weighted by Crippen LogP contribution is 2.18. The molecule has 2 heterocycles. The van der Waals surface area contributed by atoms with Gasteiger partial charge < -0.3 is 14.8 Å². The van der Waals surface area contributed by atoms with Gasteiger partial charge in [-0.3, -0.25) is 9.78 Å². The molecule has 0 atom stereocenters. The fraction of sp³-hybridized carbons (Fsp3) is 0.286. The molecule has 0 saturated heterocycles. The van der Waals surface area contributed by atoms with Crippen LogP contribution in [-0.4, -0.2) is 16.0 Å². The average molecular weight is 260 g/mol. The van der Waals surface area contributed by atoms with E-state index in [1.54, 1.807) is 19.1 Å². The van der Waals surface area contributed by atoms with E-state index in [2.05, 4.69) is 10.3 Å². The predicted molar refractivity (Wildman–Crippen MR) is 71.0 cm³/mol. The van der Waals surface area contributed by atoms with Crippen LogP contribution in [0.3, 0.4) is 0 Å². The number of aliphatic hydroxyl groups is 1. The van der Waals surface area contributed by atoms with Gasteiger partial charge in [0.1, 0.15) is 12.4 Å². The first-order chi connectivity index (χ1) is 9.01. The maximum Gasteiger partial charge on any atom is 0.291 e. The van der Waals surface area contributed by atoms with Crippen LogP contribution in [0.2, 0.25) is 0 Å². The van der Waals surface area contributed by atoms with E-state index in [1.807, 2.05) is 19.9 Å². The molecule has 5 heteroatoms. The Morgan fingerprint density at radius 1 is 1.37 bits per heavy atom. The van der Waals surface area contributed by atoms with Crippen LogP contribution in [0.5, 0.6) is 0 Å². The lowest BCUT2D eigenvalue weighted by Crippen LogP contribution is -2.13. The predicted octanol–water partition coefficient (Wildman–Crippen LogP) is 2.34. The Morgan fingerprint density at radius 2 is 2.11 bits per heavy atom. The molecule has 0 fully saturated rings. The van der Waals surface area contributed by atoms with Crippen LogP contribution in [0.4, 0.5) is 5.69 Å². The molecule has 0 aliphatic rings. The van der Waals surface area contributed by atoms with Gasteiger partial charge in [-0.25, -0.2) is 0 Å². The summed E-state index contributed by atoms with van der Waals surface area (Å²) in [6, 6.07) is 5.28. The lowest BCUT2D eigenvalue weighted by molar-refractivity contribution is 0.0991. The lowest BCUT2D eigenvalue weighted by atomic mass is 10.2. The minimum atomic E-state index is -0.342. The Bertz CT molecular complexity index is 617. The first kappa shape index (κ1) is 13.3. The third-order valence-corrected chi connectivity index (χ3v) is 2.80. The van der Waals surface area contributed by atoms with E-state index in [0.29, 0.717) is 17.0 Å². The monoisotopic (exact) mass is 260 g/mol. The fourth-order valence-corrected chi connectivity index (χ4v) is 1.85. The molecule has 5 nitrogen and oxygen atoms in total. The van der Waals surface area contributed by atoms with Crippen molar-refractivity contribution in [2.24, 2.45) is 0 Å². The molecule has 2 aromatic rings. The van der Waals surface area contributed by atoms with Gasteiger partial charge in [-0.1, -0.05) is 0 Å². The van der Waals surface area contributed by atoms with Crippen LogP contribution < -0.4 is 5.32 Å². The van der Waals surface area contributed by atoms with Crippen molar-refractivity contribution in [2.45, 2.75) is 27.4 Å². The number of aromatic nitrogens is 1. The van der Waals surface area contributed by atoms with Crippen molar-refractivity contribution in [1.82, 2.24) is 4.98 Å². The van der Waals surface area contributed by atoms with Crippen molar-refractivity contribution in [3.8, 4) is 0 Å². The number of amides is 1. The molecular weight excluding hydrogens is 244 g/mol. The molecule has 1 amide bonds. The summed E-state index contributed by atoms with van der Waals surface area (Å²) in [5, 5.41) is 11.7. The van der Waals surface area contributed by atoms with Crippen molar-refractivity contribution in [3.63, 3.8) is 0 Å². The van der Waals surface area contributed by atoms with Crippen molar-refractivity contribution < 1.29 is 14.3 Å². The van der Waals surface area contributed by atoms with E-state index in [0.717, 1.165) is 11.4 Å².